The highest BCUT2D eigenvalue weighted by molar-refractivity contribution is 5.95. The van der Waals surface area contributed by atoms with Crippen molar-refractivity contribution in [3.63, 3.8) is 0 Å². The summed E-state index contributed by atoms with van der Waals surface area (Å²) in [5.41, 5.74) is 3.98. The van der Waals surface area contributed by atoms with Crippen LogP contribution in [0.25, 0.3) is 5.69 Å². The number of benzene rings is 1. The molecule has 1 atom stereocenters. The van der Waals surface area contributed by atoms with Crippen LogP contribution in [0.3, 0.4) is 0 Å². The summed E-state index contributed by atoms with van der Waals surface area (Å²) in [6, 6.07) is 13.4. The van der Waals surface area contributed by atoms with Crippen LogP contribution in [0.15, 0.2) is 48.7 Å². The fraction of sp³-hybridized carbons (Fsp3) is 0.375. The van der Waals surface area contributed by atoms with Crippen LogP contribution in [0.1, 0.15) is 53.1 Å². The summed E-state index contributed by atoms with van der Waals surface area (Å²) in [6.07, 6.45) is 3.81. The molecular weight excluding hydrogens is 390 g/mol. The Balaban J connectivity index is 1.60. The first kappa shape index (κ1) is 21.1. The maximum Gasteiger partial charge on any atom is 0.254 e. The van der Waals surface area contributed by atoms with Crippen molar-refractivity contribution < 1.29 is 9.90 Å². The van der Waals surface area contributed by atoms with Gasteiger partial charge in [-0.15, -0.1) is 0 Å². The highest BCUT2D eigenvalue weighted by atomic mass is 16.3. The Morgan fingerprint density at radius 2 is 2.03 bits per heavy atom. The van der Waals surface area contributed by atoms with E-state index >= 15 is 0 Å². The number of pyridine rings is 1. The van der Waals surface area contributed by atoms with Gasteiger partial charge >= 0.3 is 0 Å². The van der Waals surface area contributed by atoms with E-state index in [-0.39, 0.29) is 17.6 Å². The van der Waals surface area contributed by atoms with E-state index in [1.165, 1.54) is 0 Å². The van der Waals surface area contributed by atoms with Gasteiger partial charge < -0.3 is 10.4 Å². The maximum absolute atomic E-state index is 12.8. The third kappa shape index (κ3) is 4.77. The summed E-state index contributed by atoms with van der Waals surface area (Å²) < 4.78 is 1.80. The van der Waals surface area contributed by atoms with Crippen LogP contribution in [-0.4, -0.2) is 50.3 Å². The zero-order valence-corrected chi connectivity index (χ0v) is 18.1. The van der Waals surface area contributed by atoms with Crippen LogP contribution in [0.2, 0.25) is 0 Å². The summed E-state index contributed by atoms with van der Waals surface area (Å²) in [5.74, 6) is 0.280. The third-order valence-electron chi connectivity index (χ3n) is 5.70. The molecule has 1 aliphatic heterocycles. The molecule has 1 aliphatic rings. The van der Waals surface area contributed by atoms with Crippen molar-refractivity contribution in [3.8, 4) is 11.4 Å². The second-order valence-corrected chi connectivity index (χ2v) is 8.06. The van der Waals surface area contributed by atoms with Gasteiger partial charge in [-0.3, -0.25) is 14.7 Å². The molecule has 2 aromatic heterocycles. The van der Waals surface area contributed by atoms with Crippen LogP contribution in [0.4, 0.5) is 0 Å². The second-order valence-electron chi connectivity index (χ2n) is 8.06. The summed E-state index contributed by atoms with van der Waals surface area (Å²) in [5, 5.41) is 18.0. The first-order valence-electron chi connectivity index (χ1n) is 10.9. The fourth-order valence-electron chi connectivity index (χ4n) is 4.19. The van der Waals surface area contributed by atoms with E-state index in [1.54, 1.807) is 10.7 Å². The lowest BCUT2D eigenvalue weighted by Gasteiger charge is -2.32. The Labute approximate surface area is 182 Å². The van der Waals surface area contributed by atoms with E-state index in [4.69, 9.17) is 5.10 Å². The van der Waals surface area contributed by atoms with Crippen LogP contribution in [-0.2, 0) is 6.54 Å². The standard InChI is InChI=1S/C24H29N5O2/c1-3-25-24(31)20-15-29(19-9-5-4-6-10-19)27-23(20)18-8-7-13-28(14-18)16-21-22(30)12-11-17(2)26-21/h4-6,9-12,15,18,30H,3,7-8,13-14,16H2,1-2H3,(H,25,31)/t18-/m1/s1. The number of nitrogens with one attached hydrogen (secondary N) is 1. The number of aromatic nitrogens is 3. The molecule has 1 aromatic carbocycles. The van der Waals surface area contributed by atoms with E-state index in [0.29, 0.717) is 24.3 Å². The number of hydrogen-bond acceptors (Lipinski definition) is 5. The van der Waals surface area contributed by atoms with Crippen LogP contribution in [0, 0.1) is 6.92 Å². The van der Waals surface area contributed by atoms with Crippen molar-refractivity contribution in [1.29, 1.82) is 0 Å². The number of para-hydroxylation sites is 1. The van der Waals surface area contributed by atoms with Crippen molar-refractivity contribution in [1.82, 2.24) is 25.0 Å². The molecule has 7 heteroatoms. The Morgan fingerprint density at radius 1 is 1.23 bits per heavy atom. The highest BCUT2D eigenvalue weighted by Crippen LogP contribution is 2.30. The van der Waals surface area contributed by atoms with Crippen molar-refractivity contribution in [2.75, 3.05) is 19.6 Å². The predicted molar refractivity (Wildman–Crippen MR) is 119 cm³/mol. The molecule has 7 nitrogen and oxygen atoms in total. The average molecular weight is 420 g/mol. The molecule has 3 aromatic rings. The van der Waals surface area contributed by atoms with Gasteiger partial charge in [-0.25, -0.2) is 4.68 Å². The van der Waals surface area contributed by atoms with E-state index in [1.807, 2.05) is 56.4 Å². The quantitative estimate of drug-likeness (QED) is 0.640. The summed E-state index contributed by atoms with van der Waals surface area (Å²) in [7, 11) is 0. The van der Waals surface area contributed by atoms with Gasteiger partial charge in [0.2, 0.25) is 0 Å². The minimum atomic E-state index is -0.0881. The topological polar surface area (TPSA) is 83.3 Å². The smallest absolute Gasteiger partial charge is 0.254 e. The van der Waals surface area contributed by atoms with Gasteiger partial charge in [0, 0.05) is 37.4 Å². The number of nitrogens with zero attached hydrogens (tertiary/aromatic N) is 4. The Bertz CT molecular complexity index is 1050. The molecule has 1 fully saturated rings. The Hall–Kier alpha value is -3.19. The van der Waals surface area contributed by atoms with E-state index < -0.39 is 0 Å². The molecule has 0 aliphatic carbocycles. The normalized spacial score (nSPS) is 16.9. The predicted octanol–water partition coefficient (Wildman–Crippen LogP) is 3.41. The highest BCUT2D eigenvalue weighted by Gasteiger charge is 2.29. The minimum Gasteiger partial charge on any atom is -0.506 e. The Morgan fingerprint density at radius 3 is 2.81 bits per heavy atom. The van der Waals surface area contributed by atoms with Gasteiger partial charge in [0.15, 0.2) is 0 Å². The molecule has 3 heterocycles. The number of carbonyl (C=O) groups is 1. The number of likely N-dealkylation sites (tertiary alicyclic amines) is 1. The van der Waals surface area contributed by atoms with Crippen LogP contribution < -0.4 is 5.32 Å². The first-order chi connectivity index (χ1) is 15.0. The largest absolute Gasteiger partial charge is 0.506 e. The lowest BCUT2D eigenvalue weighted by atomic mass is 9.92. The summed E-state index contributed by atoms with van der Waals surface area (Å²) in [6.45, 7) is 6.71. The molecule has 0 unspecified atom stereocenters. The molecular formula is C24H29N5O2. The number of aromatic hydroxyl groups is 1. The zero-order valence-electron chi connectivity index (χ0n) is 18.1. The van der Waals surface area contributed by atoms with E-state index in [2.05, 4.69) is 15.2 Å². The third-order valence-corrected chi connectivity index (χ3v) is 5.70. The van der Waals surface area contributed by atoms with Gasteiger partial charge in [-0.05, 0) is 57.5 Å². The summed E-state index contributed by atoms with van der Waals surface area (Å²) in [4.78, 5) is 19.6. The number of hydrogen-bond donors (Lipinski definition) is 2. The number of piperidine rings is 1. The molecule has 31 heavy (non-hydrogen) atoms. The van der Waals surface area contributed by atoms with Crippen LogP contribution in [0.5, 0.6) is 5.75 Å². The van der Waals surface area contributed by atoms with Gasteiger partial charge in [0.1, 0.15) is 5.75 Å². The van der Waals surface area contributed by atoms with Crippen molar-refractivity contribution >= 4 is 5.91 Å². The van der Waals surface area contributed by atoms with Gasteiger partial charge in [-0.1, -0.05) is 18.2 Å². The first-order valence-corrected chi connectivity index (χ1v) is 10.9. The SMILES string of the molecule is CCNC(=O)c1cn(-c2ccccc2)nc1[C@@H]1CCCN(Cc2nc(C)ccc2O)C1. The van der Waals surface area contributed by atoms with E-state index in [0.717, 1.165) is 43.0 Å². The molecule has 1 saturated heterocycles. The lowest BCUT2D eigenvalue weighted by Crippen LogP contribution is -2.35. The van der Waals surface area contributed by atoms with Crippen molar-refractivity contribution in [2.24, 2.45) is 0 Å². The number of amides is 1. The van der Waals surface area contributed by atoms with Crippen LogP contribution >= 0.6 is 0 Å². The zero-order chi connectivity index (χ0) is 21.8. The molecule has 0 bridgehead atoms. The molecule has 1 amide bonds. The lowest BCUT2D eigenvalue weighted by molar-refractivity contribution is 0.0953. The second kappa shape index (κ2) is 9.31. The van der Waals surface area contributed by atoms with Gasteiger partial charge in [0.05, 0.1) is 22.6 Å². The number of rotatable bonds is 6. The molecule has 0 saturated carbocycles. The van der Waals surface area contributed by atoms with E-state index in [9.17, 15) is 9.90 Å². The fourth-order valence-corrected chi connectivity index (χ4v) is 4.19. The monoisotopic (exact) mass is 419 g/mol. The molecule has 162 valence electrons. The Kier molecular flexibility index (Phi) is 6.32. The molecule has 4 rings (SSSR count). The van der Waals surface area contributed by atoms with Gasteiger partial charge in [0.25, 0.3) is 5.91 Å². The van der Waals surface area contributed by atoms with Crippen molar-refractivity contribution in [2.45, 2.75) is 39.2 Å². The minimum absolute atomic E-state index is 0.0881. The summed E-state index contributed by atoms with van der Waals surface area (Å²) >= 11 is 0. The number of carbonyl (C=O) groups excluding carboxylic acids is 1. The average Bonchev–Trinajstić information content (AvgIpc) is 3.23. The molecule has 2 N–H and O–H groups in total. The van der Waals surface area contributed by atoms with Crippen molar-refractivity contribution in [3.05, 3.63) is 71.3 Å². The number of aryl methyl sites for hydroxylation is 1. The van der Waals surface area contributed by atoms with Gasteiger partial charge in [-0.2, -0.15) is 5.10 Å². The molecule has 0 spiro atoms. The molecule has 0 radical (unpaired) electrons. The maximum atomic E-state index is 12.8.